The van der Waals surface area contributed by atoms with Crippen LogP contribution in [0, 0.1) is 0 Å². The third-order valence-corrected chi connectivity index (χ3v) is 4.34. The number of nitrogens with zero attached hydrogens (tertiary/aromatic N) is 2. The first-order valence-electron chi connectivity index (χ1n) is 8.86. The minimum atomic E-state index is -0.417. The molecule has 3 N–H and O–H groups in total. The van der Waals surface area contributed by atoms with Gasteiger partial charge in [-0.25, -0.2) is 0 Å². The molecule has 8 heteroatoms. The number of fused-ring (bicyclic) bond motifs is 1. The molecule has 2 aromatic carbocycles. The predicted octanol–water partition coefficient (Wildman–Crippen LogP) is 3.51. The molecule has 0 aliphatic heterocycles. The zero-order chi connectivity index (χ0) is 20.2. The molecule has 0 aliphatic carbocycles. The molecule has 0 saturated carbocycles. The summed E-state index contributed by atoms with van der Waals surface area (Å²) in [6.45, 7) is 0. The average molecular weight is 390 g/mol. The first kappa shape index (κ1) is 18.3. The van der Waals surface area contributed by atoms with Gasteiger partial charge in [-0.05, 0) is 35.4 Å². The van der Waals surface area contributed by atoms with Gasteiger partial charge in [-0.1, -0.05) is 29.4 Å². The zero-order valence-electron chi connectivity index (χ0n) is 15.5. The highest BCUT2D eigenvalue weighted by atomic mass is 16.5. The number of ether oxygens (including phenoxy) is 1. The molecule has 0 radical (unpaired) electrons. The maximum atomic E-state index is 12.1. The Kier molecular flexibility index (Phi) is 4.98. The van der Waals surface area contributed by atoms with Crippen molar-refractivity contribution >= 4 is 28.9 Å². The molecule has 0 aliphatic rings. The van der Waals surface area contributed by atoms with Gasteiger partial charge in [0.1, 0.15) is 0 Å². The van der Waals surface area contributed by atoms with Gasteiger partial charge in [0, 0.05) is 23.2 Å². The number of para-hydroxylation sites is 1. The lowest BCUT2D eigenvalue weighted by molar-refractivity contribution is -0.112. The highest BCUT2D eigenvalue weighted by Gasteiger charge is 2.11. The van der Waals surface area contributed by atoms with Gasteiger partial charge in [-0.3, -0.25) is 10.1 Å². The van der Waals surface area contributed by atoms with Crippen molar-refractivity contribution in [3.05, 3.63) is 71.8 Å². The van der Waals surface area contributed by atoms with E-state index in [-0.39, 0.29) is 11.8 Å². The normalized spacial score (nSPS) is 11.2. The molecule has 146 valence electrons. The Morgan fingerprint density at radius 1 is 1.28 bits per heavy atom. The van der Waals surface area contributed by atoms with E-state index in [9.17, 15) is 9.90 Å². The number of benzene rings is 2. The Labute approximate surface area is 165 Å². The van der Waals surface area contributed by atoms with Crippen LogP contribution < -0.4 is 10.1 Å². The Hall–Kier alpha value is -4.07. The molecule has 8 nitrogen and oxygen atoms in total. The summed E-state index contributed by atoms with van der Waals surface area (Å²) < 4.78 is 10.6. The highest BCUT2D eigenvalue weighted by Crippen LogP contribution is 2.26. The van der Waals surface area contributed by atoms with Crippen molar-refractivity contribution in [1.82, 2.24) is 15.2 Å². The zero-order valence-corrected chi connectivity index (χ0v) is 15.5. The highest BCUT2D eigenvalue weighted by molar-refractivity contribution is 6.00. The molecule has 2 aromatic heterocycles. The fourth-order valence-electron chi connectivity index (χ4n) is 2.93. The van der Waals surface area contributed by atoms with Crippen LogP contribution in [0.4, 0.5) is 6.01 Å². The monoisotopic (exact) mass is 390 g/mol. The summed E-state index contributed by atoms with van der Waals surface area (Å²) in [5, 5.41) is 21.1. The molecule has 2 heterocycles. The van der Waals surface area contributed by atoms with Gasteiger partial charge in [0.15, 0.2) is 11.5 Å². The van der Waals surface area contributed by atoms with Crippen LogP contribution in [0.5, 0.6) is 11.5 Å². The van der Waals surface area contributed by atoms with Crippen molar-refractivity contribution in [2.24, 2.45) is 0 Å². The average Bonchev–Trinajstić information content (AvgIpc) is 3.35. The minimum absolute atomic E-state index is 0.0257. The van der Waals surface area contributed by atoms with Crippen molar-refractivity contribution in [2.45, 2.75) is 6.42 Å². The molecule has 0 fully saturated rings. The summed E-state index contributed by atoms with van der Waals surface area (Å²) in [6.07, 6.45) is 5.27. The van der Waals surface area contributed by atoms with E-state index >= 15 is 0 Å². The van der Waals surface area contributed by atoms with Gasteiger partial charge in [-0.15, -0.1) is 5.10 Å². The fourth-order valence-corrected chi connectivity index (χ4v) is 2.93. The van der Waals surface area contributed by atoms with Crippen LogP contribution in [-0.4, -0.2) is 33.3 Å². The quantitative estimate of drug-likeness (QED) is 0.434. The lowest BCUT2D eigenvalue weighted by atomic mass is 10.1. The van der Waals surface area contributed by atoms with Crippen molar-refractivity contribution in [2.75, 3.05) is 12.4 Å². The van der Waals surface area contributed by atoms with Crippen molar-refractivity contribution in [1.29, 1.82) is 0 Å². The number of amides is 1. The molecule has 0 saturated heterocycles. The molecular formula is C21H18N4O4. The largest absolute Gasteiger partial charge is 0.504 e. The van der Waals surface area contributed by atoms with Crippen molar-refractivity contribution in [3.63, 3.8) is 0 Å². The van der Waals surface area contributed by atoms with Crippen LogP contribution in [0.2, 0.25) is 0 Å². The molecule has 4 aromatic rings. The van der Waals surface area contributed by atoms with E-state index in [0.717, 1.165) is 16.5 Å². The number of nitrogens with one attached hydrogen (secondary N) is 2. The third-order valence-electron chi connectivity index (χ3n) is 4.34. The van der Waals surface area contributed by atoms with Gasteiger partial charge in [0.05, 0.1) is 13.5 Å². The Morgan fingerprint density at radius 3 is 3.00 bits per heavy atom. The number of anilines is 1. The number of carbonyl (C=O) groups is 1. The van der Waals surface area contributed by atoms with Crippen molar-refractivity contribution < 1.29 is 19.1 Å². The topological polar surface area (TPSA) is 113 Å². The van der Waals surface area contributed by atoms with E-state index < -0.39 is 5.91 Å². The minimum Gasteiger partial charge on any atom is -0.504 e. The molecule has 1 amide bonds. The SMILES string of the molecule is COc1cc(/C=C/C(=O)Nc2nnc(Cc3c[nH]c4ccccc34)o2)ccc1O. The summed E-state index contributed by atoms with van der Waals surface area (Å²) in [5.74, 6) is 0.339. The summed E-state index contributed by atoms with van der Waals surface area (Å²) >= 11 is 0. The number of aromatic hydroxyl groups is 1. The van der Waals surface area contributed by atoms with Gasteiger partial charge >= 0.3 is 6.01 Å². The molecular weight excluding hydrogens is 372 g/mol. The summed E-state index contributed by atoms with van der Waals surface area (Å²) in [6, 6.07) is 12.7. The first-order chi connectivity index (χ1) is 14.1. The first-order valence-corrected chi connectivity index (χ1v) is 8.86. The maximum Gasteiger partial charge on any atom is 0.322 e. The van der Waals surface area contributed by atoms with E-state index in [2.05, 4.69) is 20.5 Å². The van der Waals surface area contributed by atoms with Crippen molar-refractivity contribution in [3.8, 4) is 11.5 Å². The van der Waals surface area contributed by atoms with Gasteiger partial charge < -0.3 is 19.2 Å². The van der Waals surface area contributed by atoms with E-state index in [1.165, 1.54) is 19.3 Å². The standard InChI is InChI=1S/C21H18N4O4/c1-28-18-10-13(6-8-17(18)26)7-9-19(27)23-21-25-24-20(29-21)11-14-12-22-16-5-3-2-4-15(14)16/h2-10,12,22,26H,11H2,1H3,(H,23,25,27)/b9-7+. The second-order valence-electron chi connectivity index (χ2n) is 6.29. The number of aromatic amines is 1. The number of aromatic nitrogens is 3. The van der Waals surface area contributed by atoms with Crippen LogP contribution in [0.25, 0.3) is 17.0 Å². The van der Waals surface area contributed by atoms with Crippen LogP contribution in [-0.2, 0) is 11.2 Å². The summed E-state index contributed by atoms with van der Waals surface area (Å²) in [7, 11) is 1.46. The smallest absolute Gasteiger partial charge is 0.322 e. The lowest BCUT2D eigenvalue weighted by Crippen LogP contribution is -2.07. The van der Waals surface area contributed by atoms with E-state index in [4.69, 9.17) is 9.15 Å². The summed E-state index contributed by atoms with van der Waals surface area (Å²) in [4.78, 5) is 15.3. The predicted molar refractivity (Wildman–Crippen MR) is 108 cm³/mol. The van der Waals surface area contributed by atoms with Crippen LogP contribution in [0.15, 0.2) is 59.2 Å². The Balaban J connectivity index is 1.40. The molecule has 4 rings (SSSR count). The second-order valence-corrected chi connectivity index (χ2v) is 6.29. The molecule has 0 spiro atoms. The number of hydrogen-bond donors (Lipinski definition) is 3. The fraction of sp³-hybridized carbons (Fsp3) is 0.0952. The van der Waals surface area contributed by atoms with E-state index in [0.29, 0.717) is 23.6 Å². The molecule has 0 unspecified atom stereocenters. The Bertz CT molecular complexity index is 1190. The number of phenolic OH excluding ortho intramolecular Hbond substituents is 1. The molecule has 0 atom stereocenters. The number of phenols is 1. The van der Waals surface area contributed by atoms with Crippen LogP contribution in [0.3, 0.4) is 0 Å². The lowest BCUT2D eigenvalue weighted by Gasteiger charge is -2.03. The molecule has 29 heavy (non-hydrogen) atoms. The maximum absolute atomic E-state index is 12.1. The number of methoxy groups -OCH3 is 1. The third kappa shape index (κ3) is 4.11. The Morgan fingerprint density at radius 2 is 2.14 bits per heavy atom. The number of H-pyrrole nitrogens is 1. The van der Waals surface area contributed by atoms with Gasteiger partial charge in [0.2, 0.25) is 5.89 Å². The van der Waals surface area contributed by atoms with E-state index in [1.807, 2.05) is 30.5 Å². The number of hydrogen-bond acceptors (Lipinski definition) is 6. The van der Waals surface area contributed by atoms with E-state index in [1.54, 1.807) is 18.2 Å². The van der Waals surface area contributed by atoms with Crippen LogP contribution in [0.1, 0.15) is 17.0 Å². The number of carbonyl (C=O) groups excluding carboxylic acids is 1. The van der Waals surface area contributed by atoms with Gasteiger partial charge in [-0.2, -0.15) is 0 Å². The summed E-state index contributed by atoms with van der Waals surface area (Å²) in [5.41, 5.74) is 2.76. The molecule has 0 bridgehead atoms. The number of rotatable bonds is 6. The van der Waals surface area contributed by atoms with Gasteiger partial charge in [0.25, 0.3) is 5.91 Å². The van der Waals surface area contributed by atoms with Crippen LogP contribution >= 0.6 is 0 Å². The second kappa shape index (κ2) is 7.89.